The van der Waals surface area contributed by atoms with E-state index in [-0.39, 0.29) is 11.5 Å². The third-order valence-electron chi connectivity index (χ3n) is 4.29. The zero-order valence-corrected chi connectivity index (χ0v) is 13.4. The minimum Gasteiger partial charge on any atom is -0.504 e. The van der Waals surface area contributed by atoms with E-state index in [2.05, 4.69) is 4.90 Å². The molecular weight excluding hydrogens is 294 g/mol. The predicted octanol–water partition coefficient (Wildman–Crippen LogP) is 2.67. The molecule has 122 valence electrons. The Labute approximate surface area is 135 Å². The van der Waals surface area contributed by atoms with Gasteiger partial charge in [-0.2, -0.15) is 0 Å². The SMILES string of the molecule is COc1cc2c(cc1OC)CN(Cc1cccc(O)c1O)CC2. The summed E-state index contributed by atoms with van der Waals surface area (Å²) in [5.74, 6) is 1.37. The lowest BCUT2D eigenvalue weighted by atomic mass is 9.98. The fourth-order valence-electron chi connectivity index (χ4n) is 3.02. The first kappa shape index (κ1) is 15.5. The molecule has 0 spiro atoms. The van der Waals surface area contributed by atoms with E-state index in [0.717, 1.165) is 36.6 Å². The van der Waals surface area contributed by atoms with Crippen LogP contribution in [-0.2, 0) is 19.5 Å². The van der Waals surface area contributed by atoms with E-state index in [4.69, 9.17) is 9.47 Å². The van der Waals surface area contributed by atoms with Gasteiger partial charge in [-0.3, -0.25) is 4.90 Å². The minimum absolute atomic E-state index is 0.0365. The monoisotopic (exact) mass is 315 g/mol. The number of phenolic OH excluding ortho intramolecular Hbond substituents is 2. The second kappa shape index (κ2) is 6.38. The molecule has 0 unspecified atom stereocenters. The zero-order valence-electron chi connectivity index (χ0n) is 13.4. The number of nitrogens with zero attached hydrogens (tertiary/aromatic N) is 1. The summed E-state index contributed by atoms with van der Waals surface area (Å²) in [5.41, 5.74) is 3.20. The fourth-order valence-corrected chi connectivity index (χ4v) is 3.02. The van der Waals surface area contributed by atoms with Gasteiger partial charge in [-0.25, -0.2) is 0 Å². The van der Waals surface area contributed by atoms with Gasteiger partial charge in [-0.15, -0.1) is 0 Å². The Morgan fingerprint density at radius 1 is 1.04 bits per heavy atom. The van der Waals surface area contributed by atoms with Crippen LogP contribution in [0.5, 0.6) is 23.0 Å². The Morgan fingerprint density at radius 2 is 1.74 bits per heavy atom. The van der Waals surface area contributed by atoms with Gasteiger partial charge in [0.25, 0.3) is 0 Å². The molecule has 23 heavy (non-hydrogen) atoms. The summed E-state index contributed by atoms with van der Waals surface area (Å²) in [4.78, 5) is 2.24. The van der Waals surface area contributed by atoms with Crippen LogP contribution in [0.4, 0.5) is 0 Å². The van der Waals surface area contributed by atoms with Crippen LogP contribution in [0.15, 0.2) is 30.3 Å². The molecule has 0 aromatic heterocycles. The first-order valence-corrected chi connectivity index (χ1v) is 7.58. The summed E-state index contributed by atoms with van der Waals surface area (Å²) >= 11 is 0. The molecule has 2 N–H and O–H groups in total. The fraction of sp³-hybridized carbons (Fsp3) is 0.333. The van der Waals surface area contributed by atoms with Crippen LogP contribution < -0.4 is 9.47 Å². The molecule has 0 amide bonds. The van der Waals surface area contributed by atoms with Crippen LogP contribution in [0.25, 0.3) is 0 Å². The van der Waals surface area contributed by atoms with E-state index in [9.17, 15) is 10.2 Å². The molecular formula is C18H21NO4. The van der Waals surface area contributed by atoms with E-state index >= 15 is 0 Å². The number of benzene rings is 2. The van der Waals surface area contributed by atoms with Crippen LogP contribution in [0.1, 0.15) is 16.7 Å². The average Bonchev–Trinajstić information content (AvgIpc) is 2.57. The molecule has 1 aliphatic rings. The van der Waals surface area contributed by atoms with Crippen molar-refractivity contribution in [1.29, 1.82) is 0 Å². The summed E-state index contributed by atoms with van der Waals surface area (Å²) in [5, 5.41) is 19.6. The molecule has 0 aliphatic carbocycles. The summed E-state index contributed by atoms with van der Waals surface area (Å²) < 4.78 is 10.7. The van der Waals surface area contributed by atoms with E-state index in [1.54, 1.807) is 20.3 Å². The number of hydrogen-bond acceptors (Lipinski definition) is 5. The lowest BCUT2D eigenvalue weighted by Crippen LogP contribution is -2.30. The van der Waals surface area contributed by atoms with Gasteiger partial charge in [0.2, 0.25) is 0 Å². The highest BCUT2D eigenvalue weighted by atomic mass is 16.5. The number of hydrogen-bond donors (Lipinski definition) is 2. The topological polar surface area (TPSA) is 62.2 Å². The van der Waals surface area contributed by atoms with Crippen molar-refractivity contribution in [2.24, 2.45) is 0 Å². The van der Waals surface area contributed by atoms with Crippen molar-refractivity contribution >= 4 is 0 Å². The molecule has 1 heterocycles. The van der Waals surface area contributed by atoms with Gasteiger partial charge in [0.05, 0.1) is 14.2 Å². The summed E-state index contributed by atoms with van der Waals surface area (Å²) in [6.45, 7) is 2.25. The Morgan fingerprint density at radius 3 is 2.43 bits per heavy atom. The number of rotatable bonds is 4. The lowest BCUT2D eigenvalue weighted by Gasteiger charge is -2.29. The first-order chi connectivity index (χ1) is 11.1. The zero-order chi connectivity index (χ0) is 16.4. The number of phenols is 2. The van der Waals surface area contributed by atoms with E-state index < -0.39 is 0 Å². The highest BCUT2D eigenvalue weighted by Gasteiger charge is 2.20. The maximum absolute atomic E-state index is 9.96. The second-order valence-electron chi connectivity index (χ2n) is 5.72. The van der Waals surface area contributed by atoms with Gasteiger partial charge < -0.3 is 19.7 Å². The normalized spacial score (nSPS) is 14.3. The third-order valence-corrected chi connectivity index (χ3v) is 4.29. The van der Waals surface area contributed by atoms with Gasteiger partial charge in [0, 0.05) is 25.2 Å². The van der Waals surface area contributed by atoms with Crippen molar-refractivity contribution in [2.45, 2.75) is 19.5 Å². The number of para-hydroxylation sites is 1. The summed E-state index contributed by atoms with van der Waals surface area (Å²) in [7, 11) is 3.28. The van der Waals surface area contributed by atoms with E-state index in [1.165, 1.54) is 17.2 Å². The quantitative estimate of drug-likeness (QED) is 0.849. The highest BCUT2D eigenvalue weighted by Crippen LogP contribution is 2.34. The molecule has 0 saturated carbocycles. The summed E-state index contributed by atoms with van der Waals surface area (Å²) in [6.07, 6.45) is 0.912. The molecule has 5 heteroatoms. The second-order valence-corrected chi connectivity index (χ2v) is 5.72. The Hall–Kier alpha value is -2.40. The molecule has 3 rings (SSSR count). The van der Waals surface area contributed by atoms with Crippen LogP contribution >= 0.6 is 0 Å². The van der Waals surface area contributed by atoms with Gasteiger partial charge in [0.15, 0.2) is 23.0 Å². The molecule has 0 radical (unpaired) electrons. The standard InChI is InChI=1S/C18H21NO4/c1-22-16-8-12-6-7-19(11-14(12)9-17(16)23-2)10-13-4-3-5-15(20)18(13)21/h3-5,8-9,20-21H,6-7,10-11H2,1-2H3. The average molecular weight is 315 g/mol. The van der Waals surface area contributed by atoms with Gasteiger partial charge >= 0.3 is 0 Å². The number of fused-ring (bicyclic) bond motifs is 1. The number of methoxy groups -OCH3 is 2. The van der Waals surface area contributed by atoms with Crippen molar-refractivity contribution in [3.63, 3.8) is 0 Å². The van der Waals surface area contributed by atoms with E-state index in [1.807, 2.05) is 18.2 Å². The van der Waals surface area contributed by atoms with Crippen molar-refractivity contribution < 1.29 is 19.7 Å². The maximum atomic E-state index is 9.96. The molecule has 2 aromatic rings. The Bertz CT molecular complexity index is 714. The Balaban J connectivity index is 1.81. The molecule has 0 bridgehead atoms. The van der Waals surface area contributed by atoms with Crippen LogP contribution in [0.3, 0.4) is 0 Å². The van der Waals surface area contributed by atoms with E-state index in [0.29, 0.717) is 6.54 Å². The number of ether oxygens (including phenoxy) is 2. The molecule has 0 saturated heterocycles. The van der Waals surface area contributed by atoms with Crippen LogP contribution in [0, 0.1) is 0 Å². The molecule has 2 aromatic carbocycles. The van der Waals surface area contributed by atoms with Crippen LogP contribution in [-0.4, -0.2) is 35.9 Å². The molecule has 5 nitrogen and oxygen atoms in total. The van der Waals surface area contributed by atoms with Crippen molar-refractivity contribution in [3.8, 4) is 23.0 Å². The third kappa shape index (κ3) is 3.05. The van der Waals surface area contributed by atoms with Crippen molar-refractivity contribution in [2.75, 3.05) is 20.8 Å². The first-order valence-electron chi connectivity index (χ1n) is 7.58. The number of aromatic hydroxyl groups is 2. The maximum Gasteiger partial charge on any atom is 0.161 e. The molecule has 0 fully saturated rings. The minimum atomic E-state index is -0.0775. The van der Waals surface area contributed by atoms with Gasteiger partial charge in [-0.1, -0.05) is 12.1 Å². The lowest BCUT2D eigenvalue weighted by molar-refractivity contribution is 0.240. The Kier molecular flexibility index (Phi) is 4.30. The van der Waals surface area contributed by atoms with Crippen molar-refractivity contribution in [3.05, 3.63) is 47.0 Å². The van der Waals surface area contributed by atoms with Gasteiger partial charge in [-0.05, 0) is 35.7 Å². The largest absolute Gasteiger partial charge is 0.504 e. The smallest absolute Gasteiger partial charge is 0.161 e. The summed E-state index contributed by atoms with van der Waals surface area (Å²) in [6, 6.07) is 9.12. The molecule has 1 aliphatic heterocycles. The highest BCUT2D eigenvalue weighted by molar-refractivity contribution is 5.48. The van der Waals surface area contributed by atoms with Crippen LogP contribution in [0.2, 0.25) is 0 Å². The van der Waals surface area contributed by atoms with Crippen molar-refractivity contribution in [1.82, 2.24) is 4.90 Å². The predicted molar refractivity (Wildman–Crippen MR) is 87.1 cm³/mol. The van der Waals surface area contributed by atoms with Gasteiger partial charge in [0.1, 0.15) is 0 Å². The molecule has 0 atom stereocenters.